The molecular weight excluding hydrogens is 184 g/mol. The number of furan rings is 1. The molecule has 0 spiro atoms. The van der Waals surface area contributed by atoms with Crippen molar-refractivity contribution in [1.29, 1.82) is 0 Å². The van der Waals surface area contributed by atoms with Gasteiger partial charge in [-0.25, -0.2) is 0 Å². The van der Waals surface area contributed by atoms with Crippen molar-refractivity contribution >= 4 is 0 Å². The molecule has 0 atom stereocenters. The van der Waals surface area contributed by atoms with E-state index in [-0.39, 0.29) is 0 Å². The summed E-state index contributed by atoms with van der Waals surface area (Å²) >= 11 is 0. The smallest absolute Gasteiger partial charge is 0.177 e. The monoisotopic (exact) mass is 196 g/mol. The molecule has 2 aromatic rings. The van der Waals surface area contributed by atoms with Gasteiger partial charge in [-0.2, -0.15) is 0 Å². The Labute approximate surface area is 89.7 Å². The van der Waals surface area contributed by atoms with Gasteiger partial charge in [-0.1, -0.05) is 18.1 Å². The summed E-state index contributed by atoms with van der Waals surface area (Å²) in [5, 5.41) is 0. The first kappa shape index (κ1) is 9.61. The molecule has 0 bridgehead atoms. The Bertz CT molecular complexity index is 524. The van der Waals surface area contributed by atoms with E-state index in [4.69, 9.17) is 4.42 Å². The number of rotatable bonds is 0. The molecule has 0 radical (unpaired) electrons. The average molecular weight is 196 g/mol. The molecule has 15 heavy (non-hydrogen) atoms. The minimum Gasteiger partial charge on any atom is -0.453 e. The maximum atomic E-state index is 5.36. The lowest BCUT2D eigenvalue weighted by molar-refractivity contribution is 0.522. The van der Waals surface area contributed by atoms with Crippen molar-refractivity contribution in [3.8, 4) is 11.8 Å². The van der Waals surface area contributed by atoms with Crippen LogP contribution in [-0.4, -0.2) is 0 Å². The van der Waals surface area contributed by atoms with E-state index in [9.17, 15) is 0 Å². The lowest BCUT2D eigenvalue weighted by atomic mass is 10.1. The second kappa shape index (κ2) is 4.06. The van der Waals surface area contributed by atoms with Gasteiger partial charge >= 0.3 is 0 Å². The molecule has 1 aromatic heterocycles. The summed E-state index contributed by atoms with van der Waals surface area (Å²) in [6.45, 7) is 3.97. The van der Waals surface area contributed by atoms with Crippen molar-refractivity contribution in [1.82, 2.24) is 0 Å². The summed E-state index contributed by atoms with van der Waals surface area (Å²) in [4.78, 5) is 0. The Morgan fingerprint density at radius 2 is 1.87 bits per heavy atom. The van der Waals surface area contributed by atoms with Gasteiger partial charge in [0.1, 0.15) is 5.76 Å². The molecule has 0 saturated carbocycles. The van der Waals surface area contributed by atoms with E-state index in [2.05, 4.69) is 30.9 Å². The quantitative estimate of drug-likeness (QED) is 0.589. The minimum atomic E-state index is 0.717. The van der Waals surface area contributed by atoms with Gasteiger partial charge in [0.05, 0.1) is 0 Å². The normalized spacial score (nSPS) is 9.47. The lowest BCUT2D eigenvalue weighted by Gasteiger charge is -1.91. The van der Waals surface area contributed by atoms with Crippen LogP contribution in [0.5, 0.6) is 0 Å². The highest BCUT2D eigenvalue weighted by atomic mass is 16.3. The van der Waals surface area contributed by atoms with Gasteiger partial charge in [0.2, 0.25) is 0 Å². The third kappa shape index (κ3) is 2.51. The largest absolute Gasteiger partial charge is 0.453 e. The van der Waals surface area contributed by atoms with Crippen molar-refractivity contribution in [2.24, 2.45) is 0 Å². The van der Waals surface area contributed by atoms with Crippen molar-refractivity contribution < 1.29 is 4.42 Å². The van der Waals surface area contributed by atoms with E-state index in [1.54, 1.807) is 0 Å². The van der Waals surface area contributed by atoms with Gasteiger partial charge in [-0.05, 0) is 49.6 Å². The number of hydrogen-bond donors (Lipinski definition) is 0. The number of aryl methyl sites for hydroxylation is 2. The van der Waals surface area contributed by atoms with Crippen molar-refractivity contribution in [2.75, 3.05) is 0 Å². The minimum absolute atomic E-state index is 0.717. The molecule has 0 aliphatic carbocycles. The maximum Gasteiger partial charge on any atom is 0.177 e. The second-order valence-corrected chi connectivity index (χ2v) is 3.53. The summed E-state index contributed by atoms with van der Waals surface area (Å²) < 4.78 is 5.36. The van der Waals surface area contributed by atoms with Gasteiger partial charge in [-0.3, -0.25) is 0 Å². The third-order valence-electron chi connectivity index (χ3n) is 2.09. The molecule has 1 nitrogen and oxygen atoms in total. The molecule has 1 heterocycles. The number of benzene rings is 1. The standard InChI is InChI=1S/C14H12O/c1-11-4-3-5-13(10-11)7-9-14-8-6-12(2)15-14/h3-6,8,10H,1-2H3. The highest BCUT2D eigenvalue weighted by molar-refractivity contribution is 5.40. The first-order chi connectivity index (χ1) is 7.24. The van der Waals surface area contributed by atoms with Gasteiger partial charge < -0.3 is 4.42 Å². The fraction of sp³-hybridized carbons (Fsp3) is 0.143. The topological polar surface area (TPSA) is 13.1 Å². The molecule has 0 aliphatic heterocycles. The van der Waals surface area contributed by atoms with Gasteiger partial charge in [0.15, 0.2) is 5.76 Å². The van der Waals surface area contributed by atoms with Crippen LogP contribution in [0.4, 0.5) is 0 Å². The fourth-order valence-electron chi connectivity index (χ4n) is 1.36. The maximum absolute atomic E-state index is 5.36. The summed E-state index contributed by atoms with van der Waals surface area (Å²) in [7, 11) is 0. The van der Waals surface area contributed by atoms with E-state index in [0.717, 1.165) is 11.3 Å². The Balaban J connectivity index is 2.25. The molecule has 0 saturated heterocycles. The first-order valence-electron chi connectivity index (χ1n) is 4.89. The van der Waals surface area contributed by atoms with Crippen molar-refractivity contribution in [3.63, 3.8) is 0 Å². The zero-order valence-electron chi connectivity index (χ0n) is 8.87. The van der Waals surface area contributed by atoms with Crippen LogP contribution in [0.3, 0.4) is 0 Å². The molecule has 1 heteroatoms. The molecule has 2 rings (SSSR count). The van der Waals surface area contributed by atoms with Crippen LogP contribution in [0.2, 0.25) is 0 Å². The summed E-state index contributed by atoms with van der Waals surface area (Å²) in [6.07, 6.45) is 0. The fourth-order valence-corrected chi connectivity index (χ4v) is 1.36. The molecule has 0 fully saturated rings. The van der Waals surface area contributed by atoms with Crippen LogP contribution in [0.1, 0.15) is 22.6 Å². The zero-order chi connectivity index (χ0) is 10.7. The van der Waals surface area contributed by atoms with Crippen LogP contribution in [0, 0.1) is 25.7 Å². The highest BCUT2D eigenvalue weighted by Crippen LogP contribution is 2.06. The number of hydrogen-bond acceptors (Lipinski definition) is 1. The summed E-state index contributed by atoms with van der Waals surface area (Å²) in [5.41, 5.74) is 2.24. The van der Waals surface area contributed by atoms with Crippen LogP contribution in [0.25, 0.3) is 0 Å². The Kier molecular flexibility index (Phi) is 2.60. The molecule has 1 aromatic carbocycles. The van der Waals surface area contributed by atoms with E-state index < -0.39 is 0 Å². The average Bonchev–Trinajstić information content (AvgIpc) is 2.62. The van der Waals surface area contributed by atoms with Crippen LogP contribution in [0.15, 0.2) is 40.8 Å². The van der Waals surface area contributed by atoms with E-state index in [1.165, 1.54) is 5.56 Å². The summed E-state index contributed by atoms with van der Waals surface area (Å²) in [5.74, 6) is 7.67. The molecule has 74 valence electrons. The van der Waals surface area contributed by atoms with Gasteiger partial charge in [-0.15, -0.1) is 0 Å². The third-order valence-corrected chi connectivity index (χ3v) is 2.09. The van der Waals surface area contributed by atoms with Crippen LogP contribution < -0.4 is 0 Å². The predicted octanol–water partition coefficient (Wildman–Crippen LogP) is 3.30. The van der Waals surface area contributed by atoms with Crippen molar-refractivity contribution in [3.05, 3.63) is 59.0 Å². The SMILES string of the molecule is Cc1cccc(C#Cc2ccc(C)o2)c1. The molecule has 0 aliphatic rings. The van der Waals surface area contributed by atoms with Gasteiger partial charge in [0, 0.05) is 5.56 Å². The van der Waals surface area contributed by atoms with E-state index in [1.807, 2.05) is 31.2 Å². The van der Waals surface area contributed by atoms with Crippen LogP contribution >= 0.6 is 0 Å². The molecular formula is C14H12O. The van der Waals surface area contributed by atoms with Gasteiger partial charge in [0.25, 0.3) is 0 Å². The molecule has 0 unspecified atom stereocenters. The zero-order valence-corrected chi connectivity index (χ0v) is 8.87. The molecule has 0 N–H and O–H groups in total. The first-order valence-corrected chi connectivity index (χ1v) is 4.89. The van der Waals surface area contributed by atoms with Crippen LogP contribution in [-0.2, 0) is 0 Å². The Hall–Kier alpha value is -1.94. The Morgan fingerprint density at radius 1 is 1.00 bits per heavy atom. The van der Waals surface area contributed by atoms with Crippen molar-refractivity contribution in [2.45, 2.75) is 13.8 Å². The van der Waals surface area contributed by atoms with E-state index >= 15 is 0 Å². The second-order valence-electron chi connectivity index (χ2n) is 3.53. The lowest BCUT2D eigenvalue weighted by Crippen LogP contribution is -1.76. The Morgan fingerprint density at radius 3 is 2.53 bits per heavy atom. The molecule has 0 amide bonds. The predicted molar refractivity (Wildman–Crippen MR) is 60.6 cm³/mol. The highest BCUT2D eigenvalue weighted by Gasteiger charge is 1.92. The van der Waals surface area contributed by atoms with E-state index in [0.29, 0.717) is 5.76 Å². The summed E-state index contributed by atoms with van der Waals surface area (Å²) in [6, 6.07) is 11.9.